The van der Waals surface area contributed by atoms with Gasteiger partial charge in [0.05, 0.1) is 5.56 Å². The van der Waals surface area contributed by atoms with Crippen LogP contribution in [0.5, 0.6) is 0 Å². The maximum atomic E-state index is 8.69. The third kappa shape index (κ3) is 1.96. The number of nitrogens with zero attached hydrogens (tertiary/aromatic N) is 1. The predicted molar refractivity (Wildman–Crippen MR) is 61.0 cm³/mol. The first-order chi connectivity index (χ1) is 5.15. The second kappa shape index (κ2) is 3.58. The molecule has 1 aromatic carbocycles. The summed E-state index contributed by atoms with van der Waals surface area (Å²) in [5.41, 5.74) is 6.98. The number of nitriles is 1. The van der Waals surface area contributed by atoms with Crippen LogP contribution in [0.3, 0.4) is 0 Å². The van der Waals surface area contributed by atoms with Crippen molar-refractivity contribution in [1.29, 1.82) is 5.26 Å². The van der Waals surface area contributed by atoms with Crippen LogP contribution >= 0.6 is 45.2 Å². The Morgan fingerprint density at radius 3 is 2.09 bits per heavy atom. The number of anilines is 1. The van der Waals surface area contributed by atoms with Crippen molar-refractivity contribution in [2.45, 2.75) is 0 Å². The Morgan fingerprint density at radius 2 is 1.73 bits per heavy atom. The quantitative estimate of drug-likeness (QED) is 0.563. The van der Waals surface area contributed by atoms with Crippen molar-refractivity contribution in [3.05, 3.63) is 24.8 Å². The van der Waals surface area contributed by atoms with Gasteiger partial charge in [0.25, 0.3) is 0 Å². The lowest BCUT2D eigenvalue weighted by Gasteiger charge is -1.99. The molecular weight excluding hydrogens is 366 g/mol. The highest BCUT2D eigenvalue weighted by atomic mass is 127. The fourth-order valence-corrected chi connectivity index (χ4v) is 2.76. The van der Waals surface area contributed by atoms with E-state index in [1.54, 1.807) is 12.1 Å². The molecule has 0 aliphatic carbocycles. The van der Waals surface area contributed by atoms with Gasteiger partial charge in [-0.2, -0.15) is 5.26 Å². The van der Waals surface area contributed by atoms with Gasteiger partial charge in [-0.05, 0) is 57.3 Å². The number of hydrogen-bond acceptors (Lipinski definition) is 2. The van der Waals surface area contributed by atoms with Gasteiger partial charge in [-0.3, -0.25) is 0 Å². The summed E-state index contributed by atoms with van der Waals surface area (Å²) < 4.78 is 1.82. The van der Waals surface area contributed by atoms with Gasteiger partial charge in [-0.1, -0.05) is 0 Å². The van der Waals surface area contributed by atoms with Gasteiger partial charge in [0, 0.05) is 12.8 Å². The minimum atomic E-state index is 0.706. The Kier molecular flexibility index (Phi) is 2.95. The molecule has 0 heterocycles. The van der Waals surface area contributed by atoms with Crippen LogP contribution in [0, 0.1) is 18.5 Å². The van der Waals surface area contributed by atoms with E-state index in [1.165, 1.54) is 0 Å². The molecule has 1 rings (SSSR count). The molecule has 0 saturated heterocycles. The van der Waals surface area contributed by atoms with Gasteiger partial charge < -0.3 is 5.73 Å². The predicted octanol–water partition coefficient (Wildman–Crippen LogP) is 2.35. The molecule has 11 heavy (non-hydrogen) atoms. The fraction of sp³-hybridized carbons (Fsp3) is 0. The summed E-state index contributed by atoms with van der Waals surface area (Å²) in [6, 6.07) is 5.71. The van der Waals surface area contributed by atoms with Gasteiger partial charge in [0.2, 0.25) is 0 Å². The monoisotopic (exact) mass is 370 g/mol. The standard InChI is InChI=1S/C7H4I2N2/c8-6-1-4(11)2-7(9)5(6)3-10/h1-2H,11H2. The lowest BCUT2D eigenvalue weighted by atomic mass is 10.2. The number of hydrogen-bond donors (Lipinski definition) is 1. The molecule has 0 fully saturated rings. The largest absolute Gasteiger partial charge is 0.399 e. The van der Waals surface area contributed by atoms with Gasteiger partial charge in [-0.25, -0.2) is 0 Å². The van der Waals surface area contributed by atoms with E-state index in [-0.39, 0.29) is 0 Å². The summed E-state index contributed by atoms with van der Waals surface area (Å²) in [5.74, 6) is 0. The highest BCUT2D eigenvalue weighted by molar-refractivity contribution is 14.1. The molecule has 0 radical (unpaired) electrons. The summed E-state index contributed by atoms with van der Waals surface area (Å²) in [4.78, 5) is 0. The zero-order chi connectivity index (χ0) is 8.43. The average molecular weight is 370 g/mol. The van der Waals surface area contributed by atoms with Crippen LogP contribution in [0.15, 0.2) is 12.1 Å². The molecule has 2 nitrogen and oxygen atoms in total. The molecular formula is C7H4I2N2. The second-order valence-electron chi connectivity index (χ2n) is 1.97. The summed E-state index contributed by atoms with van der Waals surface area (Å²) in [6.07, 6.45) is 0. The van der Waals surface area contributed by atoms with Crippen LogP contribution in [0.2, 0.25) is 0 Å². The molecule has 0 aliphatic rings. The highest BCUT2D eigenvalue weighted by Gasteiger charge is 2.03. The van der Waals surface area contributed by atoms with Crippen LogP contribution in [-0.2, 0) is 0 Å². The zero-order valence-corrected chi connectivity index (χ0v) is 9.75. The molecule has 0 atom stereocenters. The molecule has 4 heteroatoms. The average Bonchev–Trinajstić information content (AvgIpc) is 1.85. The molecule has 0 unspecified atom stereocenters. The second-order valence-corrected chi connectivity index (χ2v) is 4.30. The van der Waals surface area contributed by atoms with E-state index < -0.39 is 0 Å². The van der Waals surface area contributed by atoms with Crippen molar-refractivity contribution < 1.29 is 0 Å². The van der Waals surface area contributed by atoms with E-state index in [1.807, 2.05) is 0 Å². The number of nitrogens with two attached hydrogens (primary N) is 1. The minimum Gasteiger partial charge on any atom is -0.399 e. The minimum absolute atomic E-state index is 0.706. The zero-order valence-electron chi connectivity index (χ0n) is 5.44. The Morgan fingerprint density at radius 1 is 1.27 bits per heavy atom. The van der Waals surface area contributed by atoms with Crippen LogP contribution < -0.4 is 5.73 Å². The van der Waals surface area contributed by atoms with E-state index in [0.717, 1.165) is 7.14 Å². The van der Waals surface area contributed by atoms with E-state index in [0.29, 0.717) is 11.3 Å². The molecule has 0 aromatic heterocycles. The van der Waals surface area contributed by atoms with Crippen molar-refractivity contribution in [1.82, 2.24) is 0 Å². The molecule has 56 valence electrons. The summed E-state index contributed by atoms with van der Waals surface area (Å²) in [6.45, 7) is 0. The number of nitrogen functional groups attached to an aromatic ring is 1. The summed E-state index contributed by atoms with van der Waals surface area (Å²) in [5, 5.41) is 8.69. The first kappa shape index (κ1) is 9.06. The van der Waals surface area contributed by atoms with Crippen molar-refractivity contribution in [2.75, 3.05) is 5.73 Å². The molecule has 0 bridgehead atoms. The smallest absolute Gasteiger partial charge is 0.101 e. The summed E-state index contributed by atoms with van der Waals surface area (Å²) in [7, 11) is 0. The number of rotatable bonds is 0. The Labute approximate surface area is 92.1 Å². The van der Waals surface area contributed by atoms with Gasteiger partial charge in [-0.15, -0.1) is 0 Å². The molecule has 0 spiro atoms. The molecule has 0 amide bonds. The van der Waals surface area contributed by atoms with Gasteiger partial charge >= 0.3 is 0 Å². The van der Waals surface area contributed by atoms with Crippen molar-refractivity contribution in [3.63, 3.8) is 0 Å². The van der Waals surface area contributed by atoms with Crippen LogP contribution in [0.1, 0.15) is 5.56 Å². The molecule has 2 N–H and O–H groups in total. The topological polar surface area (TPSA) is 49.8 Å². The Balaban J connectivity index is 3.40. The molecule has 0 aliphatic heterocycles. The lowest BCUT2D eigenvalue weighted by Crippen LogP contribution is -1.92. The maximum Gasteiger partial charge on any atom is 0.101 e. The first-order valence-electron chi connectivity index (χ1n) is 2.79. The van der Waals surface area contributed by atoms with E-state index in [4.69, 9.17) is 11.0 Å². The van der Waals surface area contributed by atoms with Gasteiger partial charge in [0.1, 0.15) is 6.07 Å². The third-order valence-corrected chi connectivity index (χ3v) is 2.88. The van der Waals surface area contributed by atoms with Gasteiger partial charge in [0.15, 0.2) is 0 Å². The highest BCUT2D eigenvalue weighted by Crippen LogP contribution is 2.21. The van der Waals surface area contributed by atoms with E-state index in [2.05, 4.69) is 51.3 Å². The summed E-state index contributed by atoms with van der Waals surface area (Å²) >= 11 is 4.21. The number of benzene rings is 1. The number of halogens is 2. The SMILES string of the molecule is N#Cc1c(I)cc(N)cc1I. The van der Waals surface area contributed by atoms with Crippen molar-refractivity contribution in [2.24, 2.45) is 0 Å². The van der Waals surface area contributed by atoms with Crippen molar-refractivity contribution >= 4 is 50.9 Å². The van der Waals surface area contributed by atoms with Crippen LogP contribution in [0.4, 0.5) is 5.69 Å². The Bertz CT molecular complexity index is 305. The van der Waals surface area contributed by atoms with Crippen LogP contribution in [0.25, 0.3) is 0 Å². The lowest BCUT2D eigenvalue weighted by molar-refractivity contribution is 1.44. The first-order valence-corrected chi connectivity index (χ1v) is 4.95. The normalized spacial score (nSPS) is 9.18. The molecule has 0 saturated carbocycles. The molecule has 1 aromatic rings. The van der Waals surface area contributed by atoms with Crippen molar-refractivity contribution in [3.8, 4) is 6.07 Å². The fourth-order valence-electron chi connectivity index (χ4n) is 0.700. The van der Waals surface area contributed by atoms with E-state index in [9.17, 15) is 0 Å². The third-order valence-electron chi connectivity index (χ3n) is 1.18. The van der Waals surface area contributed by atoms with E-state index >= 15 is 0 Å². The van der Waals surface area contributed by atoms with Crippen LogP contribution in [-0.4, -0.2) is 0 Å². The Hall–Kier alpha value is -0.0300. The maximum absolute atomic E-state index is 8.69.